The fraction of sp³-hybridized carbons (Fsp3) is 0.533. The monoisotopic (exact) mass is 249 g/mol. The van der Waals surface area contributed by atoms with Crippen molar-refractivity contribution in [3.05, 3.63) is 28.8 Å². The smallest absolute Gasteiger partial charge is 0.220 e. The van der Waals surface area contributed by atoms with E-state index in [2.05, 4.69) is 32.2 Å². The quantitative estimate of drug-likeness (QED) is 0.891. The lowest BCUT2D eigenvalue weighted by atomic mass is 9.78. The van der Waals surface area contributed by atoms with Crippen LogP contribution in [-0.4, -0.2) is 20.1 Å². The average Bonchev–Trinajstić information content (AvgIpc) is 2.26. The molecule has 18 heavy (non-hydrogen) atoms. The van der Waals surface area contributed by atoms with Gasteiger partial charge in [-0.15, -0.1) is 0 Å². The van der Waals surface area contributed by atoms with Gasteiger partial charge in [-0.2, -0.15) is 0 Å². The number of carbonyl (C=O) groups is 1. The first kappa shape index (κ1) is 14.6. The van der Waals surface area contributed by atoms with Gasteiger partial charge in [-0.25, -0.2) is 0 Å². The summed E-state index contributed by atoms with van der Waals surface area (Å²) in [7, 11) is 3.34. The number of hydrogen-bond donors (Lipinski definition) is 1. The van der Waals surface area contributed by atoms with Gasteiger partial charge in [0.15, 0.2) is 0 Å². The molecule has 0 fully saturated rings. The Morgan fingerprint density at radius 2 is 1.94 bits per heavy atom. The molecule has 1 aromatic rings. The van der Waals surface area contributed by atoms with Crippen molar-refractivity contribution in [3.63, 3.8) is 0 Å². The van der Waals surface area contributed by atoms with E-state index in [9.17, 15) is 4.79 Å². The Hall–Kier alpha value is -1.51. The average molecular weight is 249 g/mol. The summed E-state index contributed by atoms with van der Waals surface area (Å²) in [4.78, 5) is 11.6. The molecule has 0 unspecified atom stereocenters. The molecule has 1 rings (SSSR count). The molecule has 0 aromatic heterocycles. The second-order valence-electron chi connectivity index (χ2n) is 5.39. The highest BCUT2D eigenvalue weighted by Gasteiger charge is 2.29. The molecule has 0 spiro atoms. The highest BCUT2D eigenvalue weighted by Crippen LogP contribution is 2.37. The third kappa shape index (κ3) is 3.03. The van der Waals surface area contributed by atoms with Crippen LogP contribution < -0.4 is 10.1 Å². The predicted molar refractivity (Wildman–Crippen MR) is 74.2 cm³/mol. The van der Waals surface area contributed by atoms with Crippen LogP contribution >= 0.6 is 0 Å². The fourth-order valence-electron chi connectivity index (χ4n) is 2.54. The lowest BCUT2D eigenvalue weighted by Gasteiger charge is -2.28. The van der Waals surface area contributed by atoms with Crippen molar-refractivity contribution in [3.8, 4) is 5.75 Å². The molecule has 0 bridgehead atoms. The van der Waals surface area contributed by atoms with Gasteiger partial charge in [0.2, 0.25) is 5.91 Å². The van der Waals surface area contributed by atoms with Crippen LogP contribution in [0, 0.1) is 13.8 Å². The molecule has 1 N–H and O–H groups in total. The Labute approximate surface area is 110 Å². The number of hydrogen-bond acceptors (Lipinski definition) is 2. The van der Waals surface area contributed by atoms with Gasteiger partial charge in [-0.05, 0) is 31.0 Å². The van der Waals surface area contributed by atoms with Crippen molar-refractivity contribution >= 4 is 5.91 Å². The number of benzene rings is 1. The topological polar surface area (TPSA) is 38.3 Å². The number of rotatable bonds is 4. The molecule has 3 heteroatoms. The second-order valence-corrected chi connectivity index (χ2v) is 5.39. The summed E-state index contributed by atoms with van der Waals surface area (Å²) >= 11 is 0. The second kappa shape index (κ2) is 5.42. The van der Waals surface area contributed by atoms with E-state index in [0.717, 1.165) is 11.3 Å². The SMILES string of the molecule is CNC(=O)CC(C)(C)c1c(C)cc(C)cc1OC. The number of amides is 1. The van der Waals surface area contributed by atoms with Gasteiger partial charge in [-0.3, -0.25) is 4.79 Å². The Morgan fingerprint density at radius 1 is 1.33 bits per heavy atom. The lowest BCUT2D eigenvalue weighted by Crippen LogP contribution is -2.29. The zero-order chi connectivity index (χ0) is 13.9. The van der Waals surface area contributed by atoms with Gasteiger partial charge < -0.3 is 10.1 Å². The van der Waals surface area contributed by atoms with Crippen molar-refractivity contribution in [2.24, 2.45) is 0 Å². The summed E-state index contributed by atoms with van der Waals surface area (Å²) in [5, 5.41) is 2.68. The van der Waals surface area contributed by atoms with E-state index in [1.807, 2.05) is 13.0 Å². The van der Waals surface area contributed by atoms with E-state index in [0.29, 0.717) is 6.42 Å². The minimum absolute atomic E-state index is 0.0435. The maximum atomic E-state index is 11.6. The highest BCUT2D eigenvalue weighted by molar-refractivity contribution is 5.77. The summed E-state index contributed by atoms with van der Waals surface area (Å²) in [6, 6.07) is 4.15. The van der Waals surface area contributed by atoms with Gasteiger partial charge in [0, 0.05) is 24.4 Å². The summed E-state index contributed by atoms with van der Waals surface area (Å²) in [5.41, 5.74) is 3.20. The number of ether oxygens (including phenoxy) is 1. The fourth-order valence-corrected chi connectivity index (χ4v) is 2.54. The van der Waals surface area contributed by atoms with Crippen LogP contribution in [0.3, 0.4) is 0 Å². The van der Waals surface area contributed by atoms with Crippen LogP contribution in [0.1, 0.15) is 37.0 Å². The van der Waals surface area contributed by atoms with E-state index >= 15 is 0 Å². The van der Waals surface area contributed by atoms with Gasteiger partial charge in [0.05, 0.1) is 7.11 Å². The Kier molecular flexibility index (Phi) is 4.38. The first-order valence-corrected chi connectivity index (χ1v) is 6.18. The van der Waals surface area contributed by atoms with E-state index in [1.54, 1.807) is 14.2 Å². The molecule has 1 aromatic carbocycles. The molecule has 1 amide bonds. The summed E-state index contributed by atoms with van der Waals surface area (Å²) in [5.74, 6) is 0.906. The Bertz CT molecular complexity index is 450. The van der Waals surface area contributed by atoms with Crippen LogP contribution in [0.4, 0.5) is 0 Å². The van der Waals surface area contributed by atoms with Gasteiger partial charge >= 0.3 is 0 Å². The zero-order valence-corrected chi connectivity index (χ0v) is 12.2. The Balaban J connectivity index is 3.26. The molecule has 100 valence electrons. The first-order valence-electron chi connectivity index (χ1n) is 6.18. The third-order valence-corrected chi connectivity index (χ3v) is 3.22. The molecular formula is C15H23NO2. The minimum atomic E-state index is -0.247. The predicted octanol–water partition coefficient (Wildman–Crippen LogP) is 2.73. The molecule has 0 saturated heterocycles. The molecule has 0 saturated carbocycles. The van der Waals surface area contributed by atoms with Crippen LogP contribution in [0.15, 0.2) is 12.1 Å². The van der Waals surface area contributed by atoms with Crippen LogP contribution in [0.5, 0.6) is 5.75 Å². The maximum absolute atomic E-state index is 11.6. The number of nitrogens with one attached hydrogen (secondary N) is 1. The third-order valence-electron chi connectivity index (χ3n) is 3.22. The number of methoxy groups -OCH3 is 1. The van der Waals surface area contributed by atoms with Crippen molar-refractivity contribution in [1.29, 1.82) is 0 Å². The van der Waals surface area contributed by atoms with Crippen molar-refractivity contribution < 1.29 is 9.53 Å². The number of carbonyl (C=O) groups excluding carboxylic acids is 1. The molecule has 0 atom stereocenters. The molecule has 0 radical (unpaired) electrons. The van der Waals surface area contributed by atoms with Crippen molar-refractivity contribution in [2.75, 3.05) is 14.2 Å². The summed E-state index contributed by atoms with van der Waals surface area (Å²) in [6.45, 7) is 8.26. The zero-order valence-electron chi connectivity index (χ0n) is 12.2. The molecule has 0 aliphatic heterocycles. The minimum Gasteiger partial charge on any atom is -0.496 e. The summed E-state index contributed by atoms with van der Waals surface area (Å²) < 4.78 is 5.48. The van der Waals surface area contributed by atoms with Crippen LogP contribution in [0.2, 0.25) is 0 Å². The van der Waals surface area contributed by atoms with Crippen LogP contribution in [0.25, 0.3) is 0 Å². The highest BCUT2D eigenvalue weighted by atomic mass is 16.5. The van der Waals surface area contributed by atoms with Crippen molar-refractivity contribution in [2.45, 2.75) is 39.5 Å². The van der Waals surface area contributed by atoms with Crippen LogP contribution in [-0.2, 0) is 10.2 Å². The molecule has 0 aliphatic rings. The standard InChI is InChI=1S/C15H23NO2/c1-10-7-11(2)14(12(8-10)18-6)15(3,4)9-13(17)16-5/h7-8H,9H2,1-6H3,(H,16,17). The van der Waals surface area contributed by atoms with Gasteiger partial charge in [-0.1, -0.05) is 19.9 Å². The Morgan fingerprint density at radius 3 is 2.44 bits per heavy atom. The lowest BCUT2D eigenvalue weighted by molar-refractivity contribution is -0.121. The first-order chi connectivity index (χ1) is 8.31. The molecule has 3 nitrogen and oxygen atoms in total. The van der Waals surface area contributed by atoms with E-state index in [1.165, 1.54) is 11.1 Å². The number of aryl methyl sites for hydroxylation is 2. The summed E-state index contributed by atoms with van der Waals surface area (Å²) in [6.07, 6.45) is 0.448. The van der Waals surface area contributed by atoms with E-state index < -0.39 is 0 Å². The van der Waals surface area contributed by atoms with Gasteiger partial charge in [0.1, 0.15) is 5.75 Å². The molecule has 0 heterocycles. The molecular weight excluding hydrogens is 226 g/mol. The van der Waals surface area contributed by atoms with E-state index in [-0.39, 0.29) is 11.3 Å². The van der Waals surface area contributed by atoms with E-state index in [4.69, 9.17) is 4.74 Å². The van der Waals surface area contributed by atoms with Gasteiger partial charge in [0.25, 0.3) is 0 Å². The molecule has 0 aliphatic carbocycles. The van der Waals surface area contributed by atoms with Crippen molar-refractivity contribution in [1.82, 2.24) is 5.32 Å². The largest absolute Gasteiger partial charge is 0.496 e. The maximum Gasteiger partial charge on any atom is 0.220 e. The normalized spacial score (nSPS) is 11.2.